The van der Waals surface area contributed by atoms with Crippen molar-refractivity contribution in [3.63, 3.8) is 0 Å². The molecule has 0 saturated carbocycles. The molecule has 2 aromatic rings. The van der Waals surface area contributed by atoms with Gasteiger partial charge in [0.1, 0.15) is 0 Å². The van der Waals surface area contributed by atoms with Gasteiger partial charge in [0.2, 0.25) is 15.9 Å². The maximum absolute atomic E-state index is 13.3. The van der Waals surface area contributed by atoms with Crippen LogP contribution in [0.3, 0.4) is 0 Å². The van der Waals surface area contributed by atoms with Crippen molar-refractivity contribution in [1.29, 1.82) is 0 Å². The lowest BCUT2D eigenvalue weighted by atomic mass is 9.96. The highest BCUT2D eigenvalue weighted by molar-refractivity contribution is 7.89. The zero-order valence-electron chi connectivity index (χ0n) is 18.5. The average Bonchev–Trinajstić information content (AvgIpc) is 2.94. The van der Waals surface area contributed by atoms with Crippen LogP contribution in [-0.4, -0.2) is 56.8 Å². The first kappa shape index (κ1) is 21.8. The summed E-state index contributed by atoms with van der Waals surface area (Å²) in [5.41, 5.74) is 4.38. The Morgan fingerprint density at radius 2 is 1.65 bits per heavy atom. The predicted molar refractivity (Wildman–Crippen MR) is 123 cm³/mol. The van der Waals surface area contributed by atoms with Crippen LogP contribution in [0.15, 0.2) is 47.4 Å². The molecule has 1 fully saturated rings. The van der Waals surface area contributed by atoms with Crippen LogP contribution in [0.25, 0.3) is 0 Å². The molecule has 0 atom stereocenters. The third-order valence-corrected chi connectivity index (χ3v) is 8.60. The smallest absolute Gasteiger partial charge is 0.243 e. The molecular weight excluding hydrogens is 410 g/mol. The molecule has 0 unspecified atom stereocenters. The van der Waals surface area contributed by atoms with Crippen molar-refractivity contribution in [2.75, 3.05) is 38.1 Å². The van der Waals surface area contributed by atoms with Crippen LogP contribution in [0.2, 0.25) is 0 Å². The second kappa shape index (κ2) is 8.63. The van der Waals surface area contributed by atoms with E-state index < -0.39 is 10.0 Å². The van der Waals surface area contributed by atoms with Gasteiger partial charge < -0.3 is 9.80 Å². The highest BCUT2D eigenvalue weighted by atomic mass is 32.2. The van der Waals surface area contributed by atoms with E-state index >= 15 is 0 Å². The van der Waals surface area contributed by atoms with E-state index in [1.54, 1.807) is 12.1 Å². The van der Waals surface area contributed by atoms with Crippen molar-refractivity contribution in [3.05, 3.63) is 59.2 Å². The molecule has 2 aromatic carbocycles. The summed E-state index contributed by atoms with van der Waals surface area (Å²) in [5, 5.41) is 0. The SMILES string of the molecule is Cc1ccc(S(=O)(=O)N2CCC(C(=O)N3CCN(C)c4ccccc4C3)CC2)cc1C. The standard InChI is InChI=1S/C24H31N3O3S/c1-18-8-9-22(16-19(18)2)31(29,30)27-12-10-20(11-13-27)24(28)26-15-14-25(3)23-7-5-4-6-21(23)17-26/h4-9,16,20H,10-15,17H2,1-3H3. The first-order valence-electron chi connectivity index (χ1n) is 10.9. The lowest BCUT2D eigenvalue weighted by molar-refractivity contribution is -0.137. The number of piperidine rings is 1. The number of likely N-dealkylation sites (N-methyl/N-ethyl adjacent to an activating group) is 1. The fourth-order valence-electron chi connectivity index (χ4n) is 4.51. The average molecular weight is 442 g/mol. The van der Waals surface area contributed by atoms with Crippen molar-refractivity contribution < 1.29 is 13.2 Å². The number of para-hydroxylation sites is 1. The Kier molecular flexibility index (Phi) is 6.08. The lowest BCUT2D eigenvalue weighted by Gasteiger charge is -2.33. The Morgan fingerprint density at radius 1 is 0.935 bits per heavy atom. The monoisotopic (exact) mass is 441 g/mol. The number of sulfonamides is 1. The van der Waals surface area contributed by atoms with Gasteiger partial charge in [0, 0.05) is 51.4 Å². The number of nitrogens with zero attached hydrogens (tertiary/aromatic N) is 3. The van der Waals surface area contributed by atoms with E-state index in [0.717, 1.165) is 23.2 Å². The molecule has 0 aromatic heterocycles. The summed E-state index contributed by atoms with van der Waals surface area (Å²) in [5.74, 6) is 0.0232. The van der Waals surface area contributed by atoms with Crippen LogP contribution in [-0.2, 0) is 21.4 Å². The Balaban J connectivity index is 1.43. The van der Waals surface area contributed by atoms with Gasteiger partial charge in [-0.25, -0.2) is 8.42 Å². The molecule has 2 heterocycles. The largest absolute Gasteiger partial charge is 0.373 e. The summed E-state index contributed by atoms with van der Waals surface area (Å²) in [4.78, 5) is 17.8. The Bertz CT molecular complexity index is 1080. The number of anilines is 1. The van der Waals surface area contributed by atoms with Crippen molar-refractivity contribution in [2.24, 2.45) is 5.92 Å². The number of fused-ring (bicyclic) bond motifs is 1. The van der Waals surface area contributed by atoms with Crippen LogP contribution in [0.1, 0.15) is 29.5 Å². The zero-order valence-corrected chi connectivity index (χ0v) is 19.4. The fraction of sp³-hybridized carbons (Fsp3) is 0.458. The van der Waals surface area contributed by atoms with E-state index in [1.165, 1.54) is 9.99 Å². The van der Waals surface area contributed by atoms with Gasteiger partial charge >= 0.3 is 0 Å². The molecule has 1 saturated heterocycles. The molecule has 2 aliphatic rings. The number of amides is 1. The second-order valence-electron chi connectivity index (χ2n) is 8.73. The first-order chi connectivity index (χ1) is 14.8. The minimum absolute atomic E-state index is 0.123. The topological polar surface area (TPSA) is 60.9 Å². The molecule has 7 heteroatoms. The van der Waals surface area contributed by atoms with Crippen LogP contribution in [0, 0.1) is 19.8 Å². The third-order valence-electron chi connectivity index (χ3n) is 6.70. The van der Waals surface area contributed by atoms with Crippen LogP contribution >= 0.6 is 0 Å². The molecule has 0 radical (unpaired) electrons. The zero-order chi connectivity index (χ0) is 22.2. The summed E-state index contributed by atoms with van der Waals surface area (Å²) in [6.07, 6.45) is 1.13. The Morgan fingerprint density at radius 3 is 2.35 bits per heavy atom. The number of aryl methyl sites for hydroxylation is 2. The van der Waals surface area contributed by atoms with Gasteiger partial charge in [-0.1, -0.05) is 24.3 Å². The number of hydrogen-bond donors (Lipinski definition) is 0. The van der Waals surface area contributed by atoms with Crippen LogP contribution < -0.4 is 4.90 Å². The first-order valence-corrected chi connectivity index (χ1v) is 12.4. The molecule has 0 spiro atoms. The van der Waals surface area contributed by atoms with E-state index in [0.29, 0.717) is 43.9 Å². The number of carbonyl (C=O) groups excluding carboxylic acids is 1. The molecule has 4 rings (SSSR count). The highest BCUT2D eigenvalue weighted by Crippen LogP contribution is 2.29. The molecule has 1 amide bonds. The Labute approximate surface area is 185 Å². The number of hydrogen-bond acceptors (Lipinski definition) is 4. The van der Waals surface area contributed by atoms with Gasteiger partial charge in [0.05, 0.1) is 4.90 Å². The molecule has 6 nitrogen and oxygen atoms in total. The van der Waals surface area contributed by atoms with Crippen molar-refractivity contribution in [3.8, 4) is 0 Å². The van der Waals surface area contributed by atoms with E-state index in [9.17, 15) is 13.2 Å². The maximum atomic E-state index is 13.3. The number of rotatable bonds is 3. The highest BCUT2D eigenvalue weighted by Gasteiger charge is 2.34. The summed E-state index contributed by atoms with van der Waals surface area (Å²) < 4.78 is 27.7. The van der Waals surface area contributed by atoms with E-state index in [4.69, 9.17) is 0 Å². The molecule has 0 N–H and O–H groups in total. The van der Waals surface area contributed by atoms with Crippen molar-refractivity contribution in [1.82, 2.24) is 9.21 Å². The molecule has 0 bridgehead atoms. The fourth-order valence-corrected chi connectivity index (χ4v) is 6.06. The summed E-state index contributed by atoms with van der Waals surface area (Å²) in [7, 11) is -1.47. The van der Waals surface area contributed by atoms with Crippen LogP contribution in [0.4, 0.5) is 5.69 Å². The van der Waals surface area contributed by atoms with Crippen molar-refractivity contribution in [2.45, 2.75) is 38.1 Å². The number of carbonyl (C=O) groups is 1. The molecule has 2 aliphatic heterocycles. The summed E-state index contributed by atoms with van der Waals surface area (Å²) >= 11 is 0. The molecule has 166 valence electrons. The normalized spacial score (nSPS) is 18.5. The van der Waals surface area contributed by atoms with Crippen LogP contribution in [0.5, 0.6) is 0 Å². The van der Waals surface area contributed by atoms with Gasteiger partial charge in [-0.2, -0.15) is 4.31 Å². The van der Waals surface area contributed by atoms with Gasteiger partial charge in [-0.15, -0.1) is 0 Å². The van der Waals surface area contributed by atoms with Gasteiger partial charge in [-0.05, 0) is 61.6 Å². The molecule has 0 aliphatic carbocycles. The van der Waals surface area contributed by atoms with E-state index in [2.05, 4.69) is 24.1 Å². The second-order valence-corrected chi connectivity index (χ2v) is 10.7. The Hall–Kier alpha value is -2.38. The van der Waals surface area contributed by atoms with Gasteiger partial charge in [0.25, 0.3) is 0 Å². The molecular formula is C24H31N3O3S. The quantitative estimate of drug-likeness (QED) is 0.734. The lowest BCUT2D eigenvalue weighted by Crippen LogP contribution is -2.45. The van der Waals surface area contributed by atoms with E-state index in [-0.39, 0.29) is 11.8 Å². The third kappa shape index (κ3) is 4.34. The van der Waals surface area contributed by atoms with Crippen molar-refractivity contribution >= 4 is 21.6 Å². The minimum Gasteiger partial charge on any atom is -0.373 e. The number of benzene rings is 2. The van der Waals surface area contributed by atoms with Gasteiger partial charge in [0.15, 0.2) is 0 Å². The summed E-state index contributed by atoms with van der Waals surface area (Å²) in [6, 6.07) is 13.5. The predicted octanol–water partition coefficient (Wildman–Crippen LogP) is 3.18. The maximum Gasteiger partial charge on any atom is 0.243 e. The van der Waals surface area contributed by atoms with E-state index in [1.807, 2.05) is 36.9 Å². The summed E-state index contributed by atoms with van der Waals surface area (Å²) in [6.45, 7) is 6.76. The minimum atomic E-state index is -3.53. The molecule has 31 heavy (non-hydrogen) atoms. The van der Waals surface area contributed by atoms with Gasteiger partial charge in [-0.3, -0.25) is 4.79 Å².